The van der Waals surface area contributed by atoms with Crippen molar-refractivity contribution in [1.29, 1.82) is 0 Å². The molecule has 0 amide bonds. The molecule has 0 saturated carbocycles. The molecule has 0 saturated heterocycles. The summed E-state index contributed by atoms with van der Waals surface area (Å²) in [6.07, 6.45) is 2.02. The molecule has 0 unspecified atom stereocenters. The maximum atomic E-state index is 5.86. The third-order valence-electron chi connectivity index (χ3n) is 2.91. The second-order valence-corrected chi connectivity index (χ2v) is 5.47. The molecule has 0 aromatic heterocycles. The minimum Gasteiger partial charge on any atom is -0.389 e. The first-order valence-electron chi connectivity index (χ1n) is 5.93. The van der Waals surface area contributed by atoms with Crippen LogP contribution in [0.3, 0.4) is 0 Å². The summed E-state index contributed by atoms with van der Waals surface area (Å²) in [6.45, 7) is 2.07. The number of nitrogens with one attached hydrogen (secondary N) is 1. The zero-order valence-electron chi connectivity index (χ0n) is 10.9. The zero-order valence-corrected chi connectivity index (χ0v) is 12.6. The standard InChI is InChI=1S/C15H16N2S2/c1-10-6-3-4-7-11(10)17-12-8-5-9-13(19-2)14(12)15(16)18/h3-9,17H,1-2H3,(H2,16,18). The van der Waals surface area contributed by atoms with Gasteiger partial charge in [-0.15, -0.1) is 11.8 Å². The molecular formula is C15H16N2S2. The lowest BCUT2D eigenvalue weighted by molar-refractivity contribution is 1.37. The van der Waals surface area contributed by atoms with Gasteiger partial charge in [-0.3, -0.25) is 0 Å². The molecule has 2 nitrogen and oxygen atoms in total. The monoisotopic (exact) mass is 288 g/mol. The van der Waals surface area contributed by atoms with Crippen LogP contribution in [-0.2, 0) is 0 Å². The number of rotatable bonds is 4. The number of nitrogens with two attached hydrogens (primary N) is 1. The van der Waals surface area contributed by atoms with Crippen LogP contribution in [0.1, 0.15) is 11.1 Å². The Morgan fingerprint density at radius 3 is 2.42 bits per heavy atom. The highest BCUT2D eigenvalue weighted by molar-refractivity contribution is 7.98. The van der Waals surface area contributed by atoms with E-state index >= 15 is 0 Å². The van der Waals surface area contributed by atoms with E-state index in [4.69, 9.17) is 18.0 Å². The molecule has 2 rings (SSSR count). The van der Waals surface area contributed by atoms with E-state index in [-0.39, 0.29) is 0 Å². The fourth-order valence-corrected chi connectivity index (χ4v) is 2.84. The Balaban J connectivity index is 2.46. The molecule has 0 heterocycles. The van der Waals surface area contributed by atoms with Crippen LogP contribution in [0.4, 0.5) is 11.4 Å². The van der Waals surface area contributed by atoms with Crippen LogP contribution >= 0.6 is 24.0 Å². The van der Waals surface area contributed by atoms with Crippen molar-refractivity contribution in [3.63, 3.8) is 0 Å². The van der Waals surface area contributed by atoms with Gasteiger partial charge in [0.15, 0.2) is 0 Å². The second kappa shape index (κ2) is 6.08. The van der Waals surface area contributed by atoms with Gasteiger partial charge >= 0.3 is 0 Å². The predicted octanol–water partition coefficient (Wildman–Crippen LogP) is 4.09. The molecule has 0 spiro atoms. The van der Waals surface area contributed by atoms with Crippen molar-refractivity contribution in [3.8, 4) is 0 Å². The van der Waals surface area contributed by atoms with Gasteiger partial charge in [0.1, 0.15) is 4.99 Å². The first-order valence-corrected chi connectivity index (χ1v) is 7.56. The Kier molecular flexibility index (Phi) is 4.45. The van der Waals surface area contributed by atoms with Crippen molar-refractivity contribution in [2.45, 2.75) is 11.8 Å². The quantitative estimate of drug-likeness (QED) is 0.656. The first-order chi connectivity index (χ1) is 9.13. The van der Waals surface area contributed by atoms with E-state index in [9.17, 15) is 0 Å². The van der Waals surface area contributed by atoms with Gasteiger partial charge in [0.25, 0.3) is 0 Å². The molecule has 0 fully saturated rings. The van der Waals surface area contributed by atoms with Crippen molar-refractivity contribution in [1.82, 2.24) is 0 Å². The maximum Gasteiger partial charge on any atom is 0.107 e. The zero-order chi connectivity index (χ0) is 13.8. The number of hydrogen-bond acceptors (Lipinski definition) is 3. The third kappa shape index (κ3) is 3.08. The van der Waals surface area contributed by atoms with Crippen molar-refractivity contribution in [2.75, 3.05) is 11.6 Å². The Morgan fingerprint density at radius 2 is 1.79 bits per heavy atom. The Hall–Kier alpha value is -1.52. The van der Waals surface area contributed by atoms with Gasteiger partial charge in [-0.1, -0.05) is 36.5 Å². The van der Waals surface area contributed by atoms with E-state index in [2.05, 4.69) is 18.3 Å². The molecule has 0 bridgehead atoms. The molecule has 2 aromatic rings. The molecule has 0 aliphatic rings. The van der Waals surface area contributed by atoms with Crippen molar-refractivity contribution >= 4 is 40.3 Å². The lowest BCUT2D eigenvalue weighted by Crippen LogP contribution is -2.13. The number of anilines is 2. The summed E-state index contributed by atoms with van der Waals surface area (Å²) in [4.78, 5) is 1.51. The van der Waals surface area contributed by atoms with E-state index in [1.54, 1.807) is 11.8 Å². The fourth-order valence-electron chi connectivity index (χ4n) is 1.92. The van der Waals surface area contributed by atoms with Gasteiger partial charge in [-0.25, -0.2) is 0 Å². The van der Waals surface area contributed by atoms with Crippen molar-refractivity contribution in [3.05, 3.63) is 53.6 Å². The van der Waals surface area contributed by atoms with Crippen LogP contribution in [0, 0.1) is 6.92 Å². The summed E-state index contributed by atoms with van der Waals surface area (Å²) < 4.78 is 0. The lowest BCUT2D eigenvalue weighted by atomic mass is 10.1. The van der Waals surface area contributed by atoms with Crippen LogP contribution in [0.25, 0.3) is 0 Å². The Bertz CT molecular complexity index is 609. The molecule has 2 aromatic carbocycles. The van der Waals surface area contributed by atoms with Crippen LogP contribution in [0.2, 0.25) is 0 Å². The summed E-state index contributed by atoms with van der Waals surface area (Å²) in [5.74, 6) is 0. The first kappa shape index (κ1) is 13.9. The highest BCUT2D eigenvalue weighted by Gasteiger charge is 2.11. The molecule has 0 aliphatic carbocycles. The molecule has 0 radical (unpaired) electrons. The molecule has 19 heavy (non-hydrogen) atoms. The van der Waals surface area contributed by atoms with E-state index in [0.717, 1.165) is 21.8 Å². The molecule has 0 atom stereocenters. The van der Waals surface area contributed by atoms with Crippen molar-refractivity contribution in [2.24, 2.45) is 5.73 Å². The Labute approximate surface area is 123 Å². The number of thiocarbonyl (C=S) groups is 1. The normalized spacial score (nSPS) is 10.2. The van der Waals surface area contributed by atoms with Gasteiger partial charge in [0.05, 0.1) is 0 Å². The topological polar surface area (TPSA) is 38.0 Å². The minimum absolute atomic E-state index is 0.418. The SMILES string of the molecule is CSc1cccc(Nc2ccccc2C)c1C(N)=S. The van der Waals surface area contributed by atoms with E-state index < -0.39 is 0 Å². The second-order valence-electron chi connectivity index (χ2n) is 4.19. The number of para-hydroxylation sites is 1. The van der Waals surface area contributed by atoms with Gasteiger partial charge in [-0.2, -0.15) is 0 Å². The largest absolute Gasteiger partial charge is 0.389 e. The minimum atomic E-state index is 0.418. The smallest absolute Gasteiger partial charge is 0.107 e. The average Bonchev–Trinajstić information content (AvgIpc) is 2.40. The van der Waals surface area contributed by atoms with Crippen LogP contribution in [0.15, 0.2) is 47.4 Å². The number of benzene rings is 2. The van der Waals surface area contributed by atoms with E-state index in [0.29, 0.717) is 4.99 Å². The molecule has 3 N–H and O–H groups in total. The van der Waals surface area contributed by atoms with Gasteiger partial charge < -0.3 is 11.1 Å². The highest BCUT2D eigenvalue weighted by Crippen LogP contribution is 2.30. The van der Waals surface area contributed by atoms with Gasteiger partial charge in [0, 0.05) is 21.8 Å². The summed E-state index contributed by atoms with van der Waals surface area (Å²) in [6, 6.07) is 14.2. The van der Waals surface area contributed by atoms with E-state index in [1.165, 1.54) is 5.56 Å². The fraction of sp³-hybridized carbons (Fsp3) is 0.133. The molecular weight excluding hydrogens is 272 g/mol. The van der Waals surface area contributed by atoms with Crippen LogP contribution in [-0.4, -0.2) is 11.2 Å². The van der Waals surface area contributed by atoms with Crippen LogP contribution < -0.4 is 11.1 Å². The molecule has 0 aliphatic heterocycles. The number of thioether (sulfide) groups is 1. The third-order valence-corrected chi connectivity index (χ3v) is 3.89. The lowest BCUT2D eigenvalue weighted by Gasteiger charge is -2.15. The highest BCUT2D eigenvalue weighted by atomic mass is 32.2. The average molecular weight is 288 g/mol. The number of aryl methyl sites for hydroxylation is 1. The summed E-state index contributed by atoms with van der Waals surface area (Å²) in [5.41, 5.74) is 9.98. The van der Waals surface area contributed by atoms with Gasteiger partial charge in [0.2, 0.25) is 0 Å². The molecule has 4 heteroatoms. The predicted molar refractivity (Wildman–Crippen MR) is 88.6 cm³/mol. The van der Waals surface area contributed by atoms with Gasteiger partial charge in [-0.05, 0) is 36.9 Å². The number of hydrogen-bond donors (Lipinski definition) is 2. The van der Waals surface area contributed by atoms with Crippen LogP contribution in [0.5, 0.6) is 0 Å². The maximum absolute atomic E-state index is 5.86. The van der Waals surface area contributed by atoms with Crippen molar-refractivity contribution < 1.29 is 0 Å². The van der Waals surface area contributed by atoms with E-state index in [1.807, 2.05) is 42.7 Å². The summed E-state index contributed by atoms with van der Waals surface area (Å²) in [5, 5.41) is 3.42. The summed E-state index contributed by atoms with van der Waals surface area (Å²) in [7, 11) is 0. The Morgan fingerprint density at radius 1 is 1.11 bits per heavy atom. The summed E-state index contributed by atoms with van der Waals surface area (Å²) >= 11 is 6.82. The molecule has 98 valence electrons.